The van der Waals surface area contributed by atoms with E-state index in [2.05, 4.69) is 30.3 Å². The molecule has 0 aromatic heterocycles. The van der Waals surface area contributed by atoms with Crippen LogP contribution in [0.4, 0.5) is 10.5 Å². The van der Waals surface area contributed by atoms with Crippen molar-refractivity contribution in [2.75, 3.05) is 25.1 Å². The fourth-order valence-electron chi connectivity index (χ4n) is 4.47. The third-order valence-electron chi connectivity index (χ3n) is 6.43. The topological polar surface area (TPSA) is 71.2 Å². The molecular weight excluding hydrogens is 496 g/mol. The number of carbonyl (C=O) groups is 1. The van der Waals surface area contributed by atoms with Crippen molar-refractivity contribution in [2.45, 2.75) is 13.0 Å². The first-order valence-electron chi connectivity index (χ1n) is 12.4. The van der Waals surface area contributed by atoms with E-state index in [4.69, 9.17) is 15.6 Å². The molecule has 5 rings (SSSR count). The highest BCUT2D eigenvalue weighted by Gasteiger charge is 2.29. The minimum absolute atomic E-state index is 0. The van der Waals surface area contributed by atoms with E-state index in [-0.39, 0.29) is 18.4 Å². The lowest BCUT2D eigenvalue weighted by Gasteiger charge is -2.26. The number of nitrogens with zero attached hydrogens (tertiary/aromatic N) is 3. The van der Waals surface area contributed by atoms with Crippen molar-refractivity contribution in [2.24, 2.45) is 10.8 Å². The molecule has 1 heterocycles. The first-order valence-corrected chi connectivity index (χ1v) is 12.4. The monoisotopic (exact) mass is 526 g/mol. The molecule has 1 aliphatic heterocycles. The summed E-state index contributed by atoms with van der Waals surface area (Å²) in [4.78, 5) is 15.7. The lowest BCUT2D eigenvalue weighted by molar-refractivity contribution is 0.206. The zero-order chi connectivity index (χ0) is 25.6. The van der Waals surface area contributed by atoms with Crippen LogP contribution in [0.2, 0.25) is 0 Å². The summed E-state index contributed by atoms with van der Waals surface area (Å²) in [6, 6.07) is 30.2. The summed E-state index contributed by atoms with van der Waals surface area (Å²) >= 11 is 0. The van der Waals surface area contributed by atoms with Crippen LogP contribution in [0.25, 0.3) is 16.8 Å². The van der Waals surface area contributed by atoms with Gasteiger partial charge in [0.2, 0.25) is 0 Å². The molecule has 0 saturated heterocycles. The molecule has 0 bridgehead atoms. The third-order valence-corrected chi connectivity index (χ3v) is 6.43. The molecule has 0 unspecified atom stereocenters. The molecule has 1 aliphatic rings. The van der Waals surface area contributed by atoms with E-state index in [1.165, 1.54) is 5.39 Å². The van der Waals surface area contributed by atoms with Crippen LogP contribution in [0, 0.1) is 0 Å². The van der Waals surface area contributed by atoms with Crippen LogP contribution in [0.5, 0.6) is 5.75 Å². The number of hydrogen-bond donors (Lipinski definition) is 1. The Morgan fingerprint density at radius 2 is 1.63 bits per heavy atom. The predicted molar refractivity (Wildman–Crippen MR) is 158 cm³/mol. The van der Waals surface area contributed by atoms with E-state index in [1.807, 2.05) is 77.7 Å². The van der Waals surface area contributed by atoms with Gasteiger partial charge in [-0.05, 0) is 65.2 Å². The molecule has 194 valence electrons. The number of anilines is 1. The number of methoxy groups -OCH3 is 1. The lowest BCUT2D eigenvalue weighted by atomic mass is 10.0. The second-order valence-electron chi connectivity index (χ2n) is 8.92. The van der Waals surface area contributed by atoms with Crippen LogP contribution in [0.15, 0.2) is 102 Å². The molecule has 4 aromatic rings. The number of amides is 2. The van der Waals surface area contributed by atoms with E-state index < -0.39 is 0 Å². The van der Waals surface area contributed by atoms with Crippen molar-refractivity contribution < 1.29 is 9.53 Å². The summed E-state index contributed by atoms with van der Waals surface area (Å²) in [6.07, 6.45) is 4.62. The van der Waals surface area contributed by atoms with Crippen molar-refractivity contribution in [1.29, 1.82) is 0 Å². The Balaban J connectivity index is 0.00000336. The average molecular weight is 527 g/mol. The number of urea groups is 1. The van der Waals surface area contributed by atoms with Crippen molar-refractivity contribution in [1.82, 2.24) is 5.01 Å². The van der Waals surface area contributed by atoms with Gasteiger partial charge in [-0.25, -0.2) is 9.80 Å². The number of ether oxygens (including phenoxy) is 1. The van der Waals surface area contributed by atoms with Crippen molar-refractivity contribution in [3.05, 3.63) is 114 Å². The van der Waals surface area contributed by atoms with Gasteiger partial charge < -0.3 is 10.5 Å². The Morgan fingerprint density at radius 1 is 0.895 bits per heavy atom. The Hall–Kier alpha value is -4.13. The number of benzene rings is 4. The number of para-hydroxylation sites is 1. The Kier molecular flexibility index (Phi) is 8.79. The van der Waals surface area contributed by atoms with Gasteiger partial charge in [-0.1, -0.05) is 72.8 Å². The molecule has 0 spiro atoms. The van der Waals surface area contributed by atoms with Gasteiger partial charge in [0.15, 0.2) is 0 Å². The summed E-state index contributed by atoms with van der Waals surface area (Å²) in [5.41, 5.74) is 10.3. The summed E-state index contributed by atoms with van der Waals surface area (Å²) in [7, 11) is 1.65. The van der Waals surface area contributed by atoms with E-state index in [0.29, 0.717) is 26.1 Å². The molecule has 2 N–H and O–H groups in total. The predicted octanol–water partition coefficient (Wildman–Crippen LogP) is 6.48. The number of halogens is 1. The van der Waals surface area contributed by atoms with Gasteiger partial charge >= 0.3 is 6.03 Å². The highest BCUT2D eigenvalue weighted by molar-refractivity contribution is 6.17. The Labute approximate surface area is 229 Å². The van der Waals surface area contributed by atoms with Gasteiger partial charge in [0.05, 0.1) is 25.1 Å². The maximum Gasteiger partial charge on any atom is 0.345 e. The number of hydrogen-bond acceptors (Lipinski definition) is 4. The number of allylic oxidation sites excluding steroid dienone is 1. The minimum atomic E-state index is -0.165. The second-order valence-corrected chi connectivity index (χ2v) is 8.92. The molecule has 7 heteroatoms. The zero-order valence-electron chi connectivity index (χ0n) is 21.3. The standard InChI is InChI=1S/C31H30N4O2.ClH/c1-37-27-16-12-23(13-17-27)14-18-29-28-9-4-5-10-30(28)34(31(36)35(33-29)20-6-19-32)22-24-11-15-25-7-2-3-8-26(25)21-24;/h2-5,7-18,21H,6,19-20,22,32H2,1H3;1H/b18-14+;. The van der Waals surface area contributed by atoms with E-state index in [0.717, 1.165) is 39.2 Å². The molecule has 0 saturated carbocycles. The number of carbonyl (C=O) groups excluding carboxylic acids is 1. The number of hydrazone groups is 1. The van der Waals surface area contributed by atoms with Gasteiger partial charge in [0.1, 0.15) is 5.75 Å². The highest BCUT2D eigenvalue weighted by Crippen LogP contribution is 2.29. The van der Waals surface area contributed by atoms with Gasteiger partial charge in [-0.3, -0.25) is 4.90 Å². The summed E-state index contributed by atoms with van der Waals surface area (Å²) < 4.78 is 5.27. The smallest absolute Gasteiger partial charge is 0.345 e. The molecule has 0 aliphatic carbocycles. The molecule has 6 nitrogen and oxygen atoms in total. The van der Waals surface area contributed by atoms with Gasteiger partial charge in [-0.15, -0.1) is 12.4 Å². The molecular formula is C31H31ClN4O2. The largest absolute Gasteiger partial charge is 0.497 e. The minimum Gasteiger partial charge on any atom is -0.497 e. The van der Waals surface area contributed by atoms with Crippen LogP contribution >= 0.6 is 12.4 Å². The van der Waals surface area contributed by atoms with Gasteiger partial charge in [-0.2, -0.15) is 5.10 Å². The average Bonchev–Trinajstić information content (AvgIpc) is 3.05. The second kappa shape index (κ2) is 12.4. The normalized spacial score (nSPS) is 13.2. The maximum atomic E-state index is 13.8. The van der Waals surface area contributed by atoms with Crippen LogP contribution in [-0.4, -0.2) is 37.0 Å². The van der Waals surface area contributed by atoms with Gasteiger partial charge in [0, 0.05) is 12.1 Å². The molecule has 0 radical (unpaired) electrons. The number of fused-ring (bicyclic) bond motifs is 2. The highest BCUT2D eigenvalue weighted by atomic mass is 35.5. The third kappa shape index (κ3) is 5.88. The fourth-order valence-corrected chi connectivity index (χ4v) is 4.47. The van der Waals surface area contributed by atoms with E-state index >= 15 is 0 Å². The first-order chi connectivity index (χ1) is 18.2. The first kappa shape index (κ1) is 26.9. The van der Waals surface area contributed by atoms with E-state index in [9.17, 15) is 4.79 Å². The molecule has 0 fully saturated rings. The van der Waals surface area contributed by atoms with E-state index in [1.54, 1.807) is 12.1 Å². The molecule has 2 amide bonds. The molecule has 0 atom stereocenters. The van der Waals surface area contributed by atoms with Gasteiger partial charge in [0.25, 0.3) is 0 Å². The molecule has 38 heavy (non-hydrogen) atoms. The lowest BCUT2D eigenvalue weighted by Crippen LogP contribution is -2.40. The SMILES string of the molecule is COc1ccc(/C=C/C2=NN(CCCN)C(=O)N(Cc3ccc4ccccc4c3)c3ccccc32)cc1.Cl. The summed E-state index contributed by atoms with van der Waals surface area (Å²) in [5, 5.41) is 8.68. The van der Waals surface area contributed by atoms with Crippen LogP contribution in [-0.2, 0) is 6.54 Å². The van der Waals surface area contributed by atoms with Crippen LogP contribution in [0.3, 0.4) is 0 Å². The Bertz CT molecular complexity index is 1470. The number of rotatable bonds is 8. The van der Waals surface area contributed by atoms with Crippen molar-refractivity contribution >= 4 is 46.7 Å². The number of nitrogens with two attached hydrogens (primary N) is 1. The summed E-state index contributed by atoms with van der Waals surface area (Å²) in [6.45, 7) is 1.36. The van der Waals surface area contributed by atoms with Crippen LogP contribution < -0.4 is 15.4 Å². The zero-order valence-corrected chi connectivity index (χ0v) is 22.1. The Morgan fingerprint density at radius 3 is 2.39 bits per heavy atom. The molecule has 4 aromatic carbocycles. The summed E-state index contributed by atoms with van der Waals surface area (Å²) in [5.74, 6) is 0.803. The van der Waals surface area contributed by atoms with Crippen molar-refractivity contribution in [3.8, 4) is 5.75 Å². The van der Waals surface area contributed by atoms with Crippen molar-refractivity contribution in [3.63, 3.8) is 0 Å². The quantitative estimate of drug-likeness (QED) is 0.285. The fraction of sp³-hybridized carbons (Fsp3) is 0.161. The van der Waals surface area contributed by atoms with Crippen LogP contribution in [0.1, 0.15) is 23.1 Å². The maximum absolute atomic E-state index is 13.8.